The van der Waals surface area contributed by atoms with Crippen molar-refractivity contribution < 1.29 is 14.3 Å². The third-order valence-electron chi connectivity index (χ3n) is 4.50. The van der Waals surface area contributed by atoms with Crippen molar-refractivity contribution in [2.75, 3.05) is 19.7 Å². The van der Waals surface area contributed by atoms with Gasteiger partial charge in [-0.1, -0.05) is 30.3 Å². The van der Waals surface area contributed by atoms with Gasteiger partial charge in [-0.05, 0) is 25.3 Å². The van der Waals surface area contributed by atoms with Crippen molar-refractivity contribution >= 4 is 5.91 Å². The molecule has 1 unspecified atom stereocenters. The molecule has 1 amide bonds. The smallest absolute Gasteiger partial charge is 0.276 e. The maximum Gasteiger partial charge on any atom is 0.276 e. The molecule has 3 rings (SSSR count). The zero-order valence-electron chi connectivity index (χ0n) is 12.7. The van der Waals surface area contributed by atoms with E-state index in [1.165, 1.54) is 6.39 Å². The molecule has 2 heterocycles. The largest absolute Gasteiger partial charge is 0.448 e. The number of likely N-dealkylation sites (tertiary alicyclic amines) is 1. The number of aliphatic hydroxyl groups is 1. The van der Waals surface area contributed by atoms with Crippen molar-refractivity contribution in [1.29, 1.82) is 0 Å². The molecule has 0 spiro atoms. The number of hydrogen-bond donors (Lipinski definition) is 1. The molecule has 1 aromatic heterocycles. The second kappa shape index (κ2) is 5.93. The quantitative estimate of drug-likeness (QED) is 0.943. The lowest BCUT2D eigenvalue weighted by Crippen LogP contribution is -2.50. The molecule has 0 bridgehead atoms. The number of aryl methyl sites for hydroxylation is 1. The Balaban J connectivity index is 1.87. The molecule has 1 fully saturated rings. The molecule has 1 N–H and O–H groups in total. The van der Waals surface area contributed by atoms with Gasteiger partial charge in [-0.15, -0.1) is 0 Å². The summed E-state index contributed by atoms with van der Waals surface area (Å²) in [5.74, 6) is 0.407. The van der Waals surface area contributed by atoms with Gasteiger partial charge < -0.3 is 14.4 Å². The van der Waals surface area contributed by atoms with E-state index in [0.717, 1.165) is 18.4 Å². The molecule has 5 heteroatoms. The molecule has 1 aliphatic rings. The van der Waals surface area contributed by atoms with E-state index in [1.54, 1.807) is 11.8 Å². The fraction of sp³-hybridized carbons (Fsp3) is 0.412. The number of nitrogens with zero attached hydrogens (tertiary/aromatic N) is 2. The molecule has 0 aliphatic carbocycles. The predicted octanol–water partition coefficient (Wildman–Crippen LogP) is 2.15. The highest BCUT2D eigenvalue weighted by atomic mass is 16.3. The first-order valence-electron chi connectivity index (χ1n) is 7.52. The Morgan fingerprint density at radius 3 is 2.82 bits per heavy atom. The molecule has 1 atom stereocenters. The lowest BCUT2D eigenvalue weighted by Gasteiger charge is -2.42. The number of piperidine rings is 1. The topological polar surface area (TPSA) is 66.6 Å². The van der Waals surface area contributed by atoms with Gasteiger partial charge in [-0.3, -0.25) is 4.79 Å². The molecule has 116 valence electrons. The number of oxazole rings is 1. The van der Waals surface area contributed by atoms with E-state index in [-0.39, 0.29) is 12.5 Å². The van der Waals surface area contributed by atoms with E-state index in [9.17, 15) is 9.90 Å². The van der Waals surface area contributed by atoms with E-state index < -0.39 is 5.41 Å². The lowest BCUT2D eigenvalue weighted by atomic mass is 9.74. The van der Waals surface area contributed by atoms with Gasteiger partial charge in [0.15, 0.2) is 12.1 Å². The van der Waals surface area contributed by atoms with Gasteiger partial charge >= 0.3 is 0 Å². The summed E-state index contributed by atoms with van der Waals surface area (Å²) in [7, 11) is 0. The third-order valence-corrected chi connectivity index (χ3v) is 4.50. The van der Waals surface area contributed by atoms with Gasteiger partial charge in [0.2, 0.25) is 0 Å². The van der Waals surface area contributed by atoms with Gasteiger partial charge in [0.05, 0.1) is 6.61 Å². The summed E-state index contributed by atoms with van der Waals surface area (Å²) < 4.78 is 5.13. The van der Waals surface area contributed by atoms with Crippen LogP contribution in [-0.4, -0.2) is 40.6 Å². The Labute approximate surface area is 129 Å². The molecule has 1 aromatic carbocycles. The maximum absolute atomic E-state index is 12.6. The fourth-order valence-corrected chi connectivity index (χ4v) is 3.21. The third kappa shape index (κ3) is 2.52. The standard InChI is InChI=1S/C17H20N2O3/c1-13-15(18-12-22-13)16(21)19-9-5-8-17(10-19,11-20)14-6-3-2-4-7-14/h2-4,6-7,12,20H,5,8-11H2,1H3. The van der Waals surface area contributed by atoms with Gasteiger partial charge in [-0.2, -0.15) is 0 Å². The molecule has 0 saturated carbocycles. The number of amides is 1. The molecular weight excluding hydrogens is 280 g/mol. The summed E-state index contributed by atoms with van der Waals surface area (Å²) in [5.41, 5.74) is 1.04. The van der Waals surface area contributed by atoms with Crippen LogP contribution in [0.15, 0.2) is 41.1 Å². The summed E-state index contributed by atoms with van der Waals surface area (Å²) in [6.45, 7) is 2.94. The number of benzene rings is 1. The van der Waals surface area contributed by atoms with Crippen LogP contribution in [0.4, 0.5) is 0 Å². The van der Waals surface area contributed by atoms with E-state index in [0.29, 0.717) is 24.5 Å². The van der Waals surface area contributed by atoms with Crippen LogP contribution in [-0.2, 0) is 5.41 Å². The van der Waals surface area contributed by atoms with Crippen LogP contribution in [0, 0.1) is 6.92 Å². The van der Waals surface area contributed by atoms with E-state index in [1.807, 2.05) is 30.3 Å². The van der Waals surface area contributed by atoms with Crippen LogP contribution in [0.25, 0.3) is 0 Å². The van der Waals surface area contributed by atoms with Crippen molar-refractivity contribution in [3.8, 4) is 0 Å². The average Bonchev–Trinajstić information content (AvgIpc) is 3.01. The van der Waals surface area contributed by atoms with E-state index in [2.05, 4.69) is 4.98 Å². The second-order valence-electron chi connectivity index (χ2n) is 5.89. The Morgan fingerprint density at radius 2 is 2.18 bits per heavy atom. The molecule has 2 aromatic rings. The zero-order valence-corrected chi connectivity index (χ0v) is 12.7. The molecule has 22 heavy (non-hydrogen) atoms. The molecular formula is C17H20N2O3. The van der Waals surface area contributed by atoms with Crippen molar-refractivity contribution in [2.24, 2.45) is 0 Å². The molecule has 1 aliphatic heterocycles. The average molecular weight is 300 g/mol. The first-order valence-corrected chi connectivity index (χ1v) is 7.52. The van der Waals surface area contributed by atoms with Crippen LogP contribution in [0.1, 0.15) is 34.7 Å². The van der Waals surface area contributed by atoms with Crippen LogP contribution >= 0.6 is 0 Å². The summed E-state index contributed by atoms with van der Waals surface area (Å²) >= 11 is 0. The van der Waals surface area contributed by atoms with Crippen molar-refractivity contribution in [1.82, 2.24) is 9.88 Å². The van der Waals surface area contributed by atoms with Crippen LogP contribution in [0.3, 0.4) is 0 Å². The van der Waals surface area contributed by atoms with Crippen LogP contribution in [0.2, 0.25) is 0 Å². The second-order valence-corrected chi connectivity index (χ2v) is 5.89. The number of carbonyl (C=O) groups is 1. The minimum atomic E-state index is -0.396. The van der Waals surface area contributed by atoms with Crippen LogP contribution < -0.4 is 0 Å². The van der Waals surface area contributed by atoms with Gasteiger partial charge in [0.1, 0.15) is 5.76 Å². The predicted molar refractivity (Wildman–Crippen MR) is 81.6 cm³/mol. The van der Waals surface area contributed by atoms with Gasteiger partial charge in [0.25, 0.3) is 5.91 Å². The summed E-state index contributed by atoms with van der Waals surface area (Å²) in [6.07, 6.45) is 3.02. The van der Waals surface area contributed by atoms with Gasteiger partial charge in [0, 0.05) is 18.5 Å². The minimum absolute atomic E-state index is 0.0264. The summed E-state index contributed by atoms with van der Waals surface area (Å²) in [5, 5.41) is 10.0. The molecule has 1 saturated heterocycles. The summed E-state index contributed by atoms with van der Waals surface area (Å²) in [4.78, 5) is 18.4. The first kappa shape index (κ1) is 14.8. The number of aliphatic hydroxyl groups excluding tert-OH is 1. The van der Waals surface area contributed by atoms with E-state index >= 15 is 0 Å². The Kier molecular flexibility index (Phi) is 3.98. The highest BCUT2D eigenvalue weighted by molar-refractivity contribution is 5.93. The molecule has 5 nitrogen and oxygen atoms in total. The number of hydrogen-bond acceptors (Lipinski definition) is 4. The fourth-order valence-electron chi connectivity index (χ4n) is 3.21. The zero-order chi connectivity index (χ0) is 15.6. The highest BCUT2D eigenvalue weighted by Gasteiger charge is 2.39. The number of rotatable bonds is 3. The van der Waals surface area contributed by atoms with Crippen molar-refractivity contribution in [2.45, 2.75) is 25.2 Å². The van der Waals surface area contributed by atoms with Crippen LogP contribution in [0.5, 0.6) is 0 Å². The first-order chi connectivity index (χ1) is 10.7. The van der Waals surface area contributed by atoms with E-state index in [4.69, 9.17) is 4.42 Å². The molecule has 0 radical (unpaired) electrons. The lowest BCUT2D eigenvalue weighted by molar-refractivity contribution is 0.0537. The Morgan fingerprint density at radius 1 is 1.41 bits per heavy atom. The monoisotopic (exact) mass is 300 g/mol. The highest BCUT2D eigenvalue weighted by Crippen LogP contribution is 2.34. The maximum atomic E-state index is 12.6. The Hall–Kier alpha value is -2.14. The minimum Gasteiger partial charge on any atom is -0.448 e. The normalized spacial score (nSPS) is 21.8. The van der Waals surface area contributed by atoms with Crippen molar-refractivity contribution in [3.05, 3.63) is 53.7 Å². The van der Waals surface area contributed by atoms with Crippen molar-refractivity contribution in [3.63, 3.8) is 0 Å². The number of carbonyl (C=O) groups excluding carboxylic acids is 1. The Bertz CT molecular complexity index is 653. The SMILES string of the molecule is Cc1ocnc1C(=O)N1CCCC(CO)(c2ccccc2)C1. The number of aromatic nitrogens is 1. The summed E-state index contributed by atoms with van der Waals surface area (Å²) in [6, 6.07) is 9.93. The van der Waals surface area contributed by atoms with Gasteiger partial charge in [-0.25, -0.2) is 4.98 Å².